The zero-order valence-electron chi connectivity index (χ0n) is 13.5. The number of hydrogen-bond acceptors (Lipinski definition) is 7. The van der Waals surface area contributed by atoms with Crippen molar-refractivity contribution in [3.05, 3.63) is 28.4 Å². The second-order valence-electron chi connectivity index (χ2n) is 6.34. The quantitative estimate of drug-likeness (QED) is 0.576. The molecule has 4 rings (SSSR count). The number of aromatic nitrogens is 3. The molecule has 1 atom stereocenters. The van der Waals surface area contributed by atoms with Gasteiger partial charge in [-0.05, 0) is 30.3 Å². The highest BCUT2D eigenvalue weighted by Gasteiger charge is 2.38. The van der Waals surface area contributed by atoms with Gasteiger partial charge in [0.15, 0.2) is 5.82 Å². The normalized spacial score (nSPS) is 22.1. The van der Waals surface area contributed by atoms with E-state index < -0.39 is 20.2 Å². The molecule has 134 valence electrons. The van der Waals surface area contributed by atoms with Gasteiger partial charge in [0, 0.05) is 32.2 Å². The Bertz CT molecular complexity index is 921. The van der Waals surface area contributed by atoms with Crippen molar-refractivity contribution < 1.29 is 13.3 Å². The van der Waals surface area contributed by atoms with E-state index in [-0.39, 0.29) is 5.82 Å². The minimum atomic E-state index is -3.30. The van der Waals surface area contributed by atoms with Crippen LogP contribution in [0.15, 0.2) is 18.3 Å². The summed E-state index contributed by atoms with van der Waals surface area (Å²) in [5, 5.41) is 14.9. The first kappa shape index (κ1) is 16.2. The molecule has 0 saturated carbocycles. The van der Waals surface area contributed by atoms with E-state index in [1.54, 1.807) is 16.4 Å². The monoisotopic (exact) mass is 366 g/mol. The third-order valence-corrected chi connectivity index (χ3v) is 7.14. The Morgan fingerprint density at radius 3 is 2.68 bits per heavy atom. The van der Waals surface area contributed by atoms with Crippen LogP contribution in [-0.4, -0.2) is 63.7 Å². The summed E-state index contributed by atoms with van der Waals surface area (Å²) in [6.07, 6.45) is 3.53. The van der Waals surface area contributed by atoms with Crippen LogP contribution in [0, 0.1) is 10.1 Å². The molecule has 0 amide bonds. The van der Waals surface area contributed by atoms with Crippen LogP contribution in [0.25, 0.3) is 5.65 Å². The minimum Gasteiger partial charge on any atom is -0.358 e. The summed E-state index contributed by atoms with van der Waals surface area (Å²) in [6.45, 7) is 2.10. The summed E-state index contributed by atoms with van der Waals surface area (Å²) in [5.74, 6) is 0.310. The van der Waals surface area contributed by atoms with Crippen molar-refractivity contribution in [1.82, 2.24) is 18.9 Å². The molecule has 2 aromatic rings. The van der Waals surface area contributed by atoms with Crippen LogP contribution in [0.1, 0.15) is 19.3 Å². The fourth-order valence-electron chi connectivity index (χ4n) is 3.48. The Morgan fingerprint density at radius 2 is 1.96 bits per heavy atom. The standard InChI is InChI=1S/C14H18N6O4S/c21-20(22)14-9-15-12-3-4-13(16-19(12)14)17-8-5-11(10-17)25(23,24)18-6-1-2-7-18/h3-4,9,11H,1-2,5-8,10H2. The van der Waals surface area contributed by atoms with Crippen LogP contribution in [0.3, 0.4) is 0 Å². The molecular formula is C14H18N6O4S. The van der Waals surface area contributed by atoms with Gasteiger partial charge in [-0.15, -0.1) is 0 Å². The number of anilines is 1. The number of rotatable bonds is 4. The second-order valence-corrected chi connectivity index (χ2v) is 8.56. The molecule has 4 heterocycles. The largest absolute Gasteiger partial charge is 0.368 e. The number of hydrogen-bond donors (Lipinski definition) is 0. The lowest BCUT2D eigenvalue weighted by Gasteiger charge is -2.21. The average Bonchev–Trinajstić information content (AvgIpc) is 3.32. The van der Waals surface area contributed by atoms with Gasteiger partial charge in [-0.1, -0.05) is 9.61 Å². The third-order valence-electron chi connectivity index (χ3n) is 4.83. The van der Waals surface area contributed by atoms with E-state index in [0.29, 0.717) is 44.1 Å². The van der Waals surface area contributed by atoms with E-state index in [9.17, 15) is 18.5 Å². The van der Waals surface area contributed by atoms with Gasteiger partial charge >= 0.3 is 5.82 Å². The Hall–Kier alpha value is -2.27. The highest BCUT2D eigenvalue weighted by atomic mass is 32.2. The number of imidazole rings is 1. The molecule has 0 bridgehead atoms. The molecule has 2 aliphatic rings. The molecule has 2 fully saturated rings. The molecule has 0 radical (unpaired) electrons. The topological polar surface area (TPSA) is 114 Å². The van der Waals surface area contributed by atoms with Crippen molar-refractivity contribution in [2.45, 2.75) is 24.5 Å². The zero-order valence-corrected chi connectivity index (χ0v) is 14.3. The lowest BCUT2D eigenvalue weighted by molar-refractivity contribution is -0.391. The summed E-state index contributed by atoms with van der Waals surface area (Å²) in [6, 6.07) is 3.37. The fraction of sp³-hybridized carbons (Fsp3) is 0.571. The molecule has 2 aliphatic heterocycles. The Labute approximate surface area is 144 Å². The van der Waals surface area contributed by atoms with Crippen molar-refractivity contribution in [3.63, 3.8) is 0 Å². The van der Waals surface area contributed by atoms with Crippen LogP contribution in [-0.2, 0) is 10.0 Å². The Balaban J connectivity index is 1.58. The zero-order chi connectivity index (χ0) is 17.6. The van der Waals surface area contributed by atoms with Gasteiger partial charge in [0.25, 0.3) is 0 Å². The van der Waals surface area contributed by atoms with Crippen LogP contribution in [0.4, 0.5) is 11.6 Å². The third kappa shape index (κ3) is 2.72. The number of sulfonamides is 1. The molecule has 1 unspecified atom stereocenters. The molecule has 2 saturated heterocycles. The maximum Gasteiger partial charge on any atom is 0.368 e. The van der Waals surface area contributed by atoms with Gasteiger partial charge in [-0.3, -0.25) is 0 Å². The van der Waals surface area contributed by atoms with Crippen LogP contribution >= 0.6 is 0 Å². The molecule has 0 N–H and O–H groups in total. The summed E-state index contributed by atoms with van der Waals surface area (Å²) in [7, 11) is -3.30. The summed E-state index contributed by atoms with van der Waals surface area (Å²) in [4.78, 5) is 16.3. The van der Waals surface area contributed by atoms with Crippen molar-refractivity contribution >= 4 is 27.3 Å². The van der Waals surface area contributed by atoms with Crippen LogP contribution < -0.4 is 4.90 Å². The van der Waals surface area contributed by atoms with Gasteiger partial charge in [-0.25, -0.2) is 17.7 Å². The van der Waals surface area contributed by atoms with E-state index in [1.165, 1.54) is 4.52 Å². The number of nitro groups is 1. The number of nitrogens with zero attached hydrogens (tertiary/aromatic N) is 6. The maximum absolute atomic E-state index is 12.7. The predicted molar refractivity (Wildman–Crippen MR) is 90.0 cm³/mol. The Kier molecular flexibility index (Phi) is 3.84. The maximum atomic E-state index is 12.7. The van der Waals surface area contributed by atoms with Gasteiger partial charge in [-0.2, -0.15) is 0 Å². The first-order valence-electron chi connectivity index (χ1n) is 8.20. The van der Waals surface area contributed by atoms with Gasteiger partial charge < -0.3 is 15.0 Å². The van der Waals surface area contributed by atoms with E-state index in [1.807, 2.05) is 4.90 Å². The molecule has 10 nitrogen and oxygen atoms in total. The molecule has 25 heavy (non-hydrogen) atoms. The molecule has 0 aliphatic carbocycles. The lowest BCUT2D eigenvalue weighted by Crippen LogP contribution is -2.38. The summed E-state index contributed by atoms with van der Waals surface area (Å²) in [5.41, 5.74) is 0.385. The first-order valence-corrected chi connectivity index (χ1v) is 9.70. The molecule has 0 aromatic carbocycles. The lowest BCUT2D eigenvalue weighted by atomic mass is 10.4. The second kappa shape index (κ2) is 5.92. The van der Waals surface area contributed by atoms with Crippen molar-refractivity contribution in [1.29, 1.82) is 0 Å². The molecule has 0 spiro atoms. The highest BCUT2D eigenvalue weighted by Crippen LogP contribution is 2.27. The molecule has 11 heteroatoms. The SMILES string of the molecule is O=[N+]([O-])c1cnc2ccc(N3CCC(S(=O)(=O)N4CCCC4)C3)nn12. The number of fused-ring (bicyclic) bond motifs is 1. The van der Waals surface area contributed by atoms with Crippen molar-refractivity contribution in [2.24, 2.45) is 0 Å². The van der Waals surface area contributed by atoms with Crippen LogP contribution in [0.5, 0.6) is 0 Å². The first-order chi connectivity index (χ1) is 12.0. The average molecular weight is 366 g/mol. The molecular weight excluding hydrogens is 348 g/mol. The molecule has 2 aromatic heterocycles. The smallest absolute Gasteiger partial charge is 0.358 e. The van der Waals surface area contributed by atoms with Gasteiger partial charge in [0.05, 0.1) is 5.25 Å². The fourth-order valence-corrected chi connectivity index (χ4v) is 5.44. The Morgan fingerprint density at radius 1 is 1.20 bits per heavy atom. The van der Waals surface area contributed by atoms with Crippen molar-refractivity contribution in [2.75, 3.05) is 31.1 Å². The summed E-state index contributed by atoms with van der Waals surface area (Å²) < 4.78 is 28.2. The predicted octanol–water partition coefficient (Wildman–Crippen LogP) is 0.642. The highest BCUT2D eigenvalue weighted by molar-refractivity contribution is 7.89. The van der Waals surface area contributed by atoms with E-state index in [0.717, 1.165) is 19.0 Å². The van der Waals surface area contributed by atoms with E-state index >= 15 is 0 Å². The minimum absolute atomic E-state index is 0.211. The summed E-state index contributed by atoms with van der Waals surface area (Å²) >= 11 is 0. The van der Waals surface area contributed by atoms with Crippen LogP contribution in [0.2, 0.25) is 0 Å². The van der Waals surface area contributed by atoms with E-state index in [2.05, 4.69) is 10.1 Å². The van der Waals surface area contributed by atoms with Crippen molar-refractivity contribution in [3.8, 4) is 0 Å². The van der Waals surface area contributed by atoms with E-state index in [4.69, 9.17) is 0 Å². The van der Waals surface area contributed by atoms with Gasteiger partial charge in [0.2, 0.25) is 15.7 Å². The van der Waals surface area contributed by atoms with Gasteiger partial charge in [0.1, 0.15) is 6.20 Å².